The summed E-state index contributed by atoms with van der Waals surface area (Å²) in [7, 11) is 0. The lowest BCUT2D eigenvalue weighted by molar-refractivity contribution is -0.153. The average Bonchev–Trinajstić information content (AvgIpc) is 2.25. The molecular weight excluding hydrogens is 208 g/mol. The Bertz CT molecular complexity index is 367. The highest BCUT2D eigenvalue weighted by Gasteiger charge is 2.21. The van der Waals surface area contributed by atoms with Crippen molar-refractivity contribution < 1.29 is 19.4 Å². The van der Waals surface area contributed by atoms with Crippen LogP contribution in [0.25, 0.3) is 0 Å². The Morgan fingerprint density at radius 1 is 1.31 bits per heavy atom. The molecule has 0 radical (unpaired) electrons. The molecule has 1 rings (SSSR count). The summed E-state index contributed by atoms with van der Waals surface area (Å²) in [5, 5.41) is 9.01. The molecule has 0 aliphatic carbocycles. The predicted molar refractivity (Wildman–Crippen MR) is 58.4 cm³/mol. The quantitative estimate of drug-likeness (QED) is 0.774. The fourth-order valence-electron chi connectivity index (χ4n) is 1.30. The number of ether oxygens (including phenoxy) is 1. The summed E-state index contributed by atoms with van der Waals surface area (Å²) in [6.45, 7) is 3.55. The fourth-order valence-corrected chi connectivity index (χ4v) is 1.30. The van der Waals surface area contributed by atoms with Crippen molar-refractivity contribution in [2.24, 2.45) is 0 Å². The van der Waals surface area contributed by atoms with Crippen molar-refractivity contribution in [1.29, 1.82) is 0 Å². The number of aliphatic carboxylic acids is 1. The van der Waals surface area contributed by atoms with Crippen LogP contribution in [0.15, 0.2) is 24.3 Å². The number of benzene rings is 1. The average molecular weight is 222 g/mol. The van der Waals surface area contributed by atoms with Gasteiger partial charge in [0.2, 0.25) is 0 Å². The lowest BCUT2D eigenvalue weighted by Gasteiger charge is -2.16. The minimum absolute atomic E-state index is 0.174. The van der Waals surface area contributed by atoms with Gasteiger partial charge in [-0.2, -0.15) is 0 Å². The molecule has 1 aromatic rings. The molecule has 4 nitrogen and oxygen atoms in total. The van der Waals surface area contributed by atoms with Crippen molar-refractivity contribution in [3.8, 4) is 0 Å². The molecule has 0 aliphatic rings. The Morgan fingerprint density at radius 3 is 2.25 bits per heavy atom. The minimum atomic E-state index is -1.03. The van der Waals surface area contributed by atoms with Crippen molar-refractivity contribution >= 4 is 12.3 Å². The molecule has 0 aliphatic heterocycles. The Morgan fingerprint density at radius 2 is 1.88 bits per heavy atom. The van der Waals surface area contributed by atoms with Crippen molar-refractivity contribution in [2.75, 3.05) is 0 Å². The van der Waals surface area contributed by atoms with Crippen LogP contribution in [-0.4, -0.2) is 23.5 Å². The summed E-state index contributed by atoms with van der Waals surface area (Å²) in [6.07, 6.45) is -0.449. The minimum Gasteiger partial charge on any atom is -0.479 e. The second-order valence-electron chi connectivity index (χ2n) is 3.69. The number of aldehydes is 1. The van der Waals surface area contributed by atoms with Crippen molar-refractivity contribution in [2.45, 2.75) is 26.1 Å². The number of hydrogen-bond donors (Lipinski definition) is 1. The van der Waals surface area contributed by atoms with Gasteiger partial charge in [0, 0.05) is 5.56 Å². The van der Waals surface area contributed by atoms with E-state index >= 15 is 0 Å². The van der Waals surface area contributed by atoms with E-state index in [0.717, 1.165) is 0 Å². The van der Waals surface area contributed by atoms with E-state index < -0.39 is 12.1 Å². The monoisotopic (exact) mass is 222 g/mol. The second kappa shape index (κ2) is 5.42. The third-order valence-corrected chi connectivity index (χ3v) is 2.01. The first-order valence-electron chi connectivity index (χ1n) is 4.98. The molecule has 1 atom stereocenters. The van der Waals surface area contributed by atoms with E-state index in [0.29, 0.717) is 17.4 Å². The van der Waals surface area contributed by atoms with Gasteiger partial charge in [0.15, 0.2) is 6.10 Å². The van der Waals surface area contributed by atoms with E-state index in [1.54, 1.807) is 38.1 Å². The largest absolute Gasteiger partial charge is 0.479 e. The number of carbonyl (C=O) groups is 2. The topological polar surface area (TPSA) is 63.6 Å². The van der Waals surface area contributed by atoms with Crippen LogP contribution in [0.1, 0.15) is 35.9 Å². The zero-order chi connectivity index (χ0) is 12.1. The summed E-state index contributed by atoms with van der Waals surface area (Å²) in [5.41, 5.74) is 1.05. The maximum atomic E-state index is 11.0. The third-order valence-electron chi connectivity index (χ3n) is 2.01. The third kappa shape index (κ3) is 3.17. The molecule has 0 spiro atoms. The van der Waals surface area contributed by atoms with Crippen LogP contribution in [0.5, 0.6) is 0 Å². The van der Waals surface area contributed by atoms with E-state index in [1.165, 1.54) is 0 Å². The molecule has 0 bridgehead atoms. The smallest absolute Gasteiger partial charge is 0.337 e. The van der Waals surface area contributed by atoms with E-state index in [9.17, 15) is 9.59 Å². The highest BCUT2D eigenvalue weighted by atomic mass is 16.5. The summed E-state index contributed by atoms with van der Waals surface area (Å²) < 4.78 is 5.28. The molecule has 4 heteroatoms. The molecular formula is C12H14O4. The lowest BCUT2D eigenvalue weighted by Crippen LogP contribution is -2.19. The first-order valence-corrected chi connectivity index (χ1v) is 4.98. The maximum absolute atomic E-state index is 11.0. The van der Waals surface area contributed by atoms with Gasteiger partial charge >= 0.3 is 5.97 Å². The van der Waals surface area contributed by atoms with Gasteiger partial charge in [0.25, 0.3) is 0 Å². The molecule has 1 aromatic carbocycles. The molecule has 0 heterocycles. The van der Waals surface area contributed by atoms with Gasteiger partial charge in [0.1, 0.15) is 6.29 Å². The molecule has 0 aromatic heterocycles. The highest BCUT2D eigenvalue weighted by molar-refractivity contribution is 5.77. The molecule has 86 valence electrons. The van der Waals surface area contributed by atoms with Crippen LogP contribution < -0.4 is 0 Å². The number of hydrogen-bond acceptors (Lipinski definition) is 3. The van der Waals surface area contributed by atoms with Crippen molar-refractivity contribution in [1.82, 2.24) is 0 Å². The molecule has 0 saturated carbocycles. The Balaban J connectivity index is 2.92. The van der Waals surface area contributed by atoms with E-state index in [2.05, 4.69) is 0 Å². The van der Waals surface area contributed by atoms with Gasteiger partial charge in [0.05, 0.1) is 6.10 Å². The first kappa shape index (κ1) is 12.4. The number of rotatable bonds is 5. The predicted octanol–water partition coefficient (Wildman–Crippen LogP) is 2.05. The Kier molecular flexibility index (Phi) is 4.19. The molecule has 0 fully saturated rings. The van der Waals surface area contributed by atoms with Crippen molar-refractivity contribution in [3.05, 3.63) is 35.4 Å². The first-order chi connectivity index (χ1) is 7.54. The standard InChI is InChI=1S/C12H14O4/c1-8(2)16-11(12(14)15)10-5-3-9(7-13)4-6-10/h3-8,11H,1-2H3,(H,14,15). The fraction of sp³-hybridized carbons (Fsp3) is 0.333. The van der Waals surface area contributed by atoms with Gasteiger partial charge in [-0.3, -0.25) is 4.79 Å². The van der Waals surface area contributed by atoms with Crippen LogP contribution >= 0.6 is 0 Å². The van der Waals surface area contributed by atoms with Crippen LogP contribution in [0.3, 0.4) is 0 Å². The second-order valence-corrected chi connectivity index (χ2v) is 3.69. The number of carbonyl (C=O) groups excluding carboxylic acids is 1. The normalized spacial score (nSPS) is 12.4. The summed E-state index contributed by atoms with van der Waals surface area (Å²) in [5.74, 6) is -1.03. The Labute approximate surface area is 93.9 Å². The molecule has 1 N–H and O–H groups in total. The molecule has 16 heavy (non-hydrogen) atoms. The van der Waals surface area contributed by atoms with E-state index in [4.69, 9.17) is 9.84 Å². The van der Waals surface area contributed by atoms with Gasteiger partial charge in [-0.1, -0.05) is 24.3 Å². The van der Waals surface area contributed by atoms with Crippen LogP contribution in [-0.2, 0) is 9.53 Å². The SMILES string of the molecule is CC(C)OC(C(=O)O)c1ccc(C=O)cc1. The molecule has 0 saturated heterocycles. The maximum Gasteiger partial charge on any atom is 0.337 e. The Hall–Kier alpha value is -1.68. The summed E-state index contributed by atoms with van der Waals surface area (Å²) in [6, 6.07) is 6.32. The van der Waals surface area contributed by atoms with Gasteiger partial charge in [-0.25, -0.2) is 4.79 Å². The zero-order valence-electron chi connectivity index (χ0n) is 9.21. The van der Waals surface area contributed by atoms with E-state index in [-0.39, 0.29) is 6.10 Å². The van der Waals surface area contributed by atoms with Gasteiger partial charge < -0.3 is 9.84 Å². The van der Waals surface area contributed by atoms with Crippen LogP contribution in [0, 0.1) is 0 Å². The summed E-state index contributed by atoms with van der Waals surface area (Å²) >= 11 is 0. The molecule has 0 amide bonds. The lowest BCUT2D eigenvalue weighted by atomic mass is 10.1. The van der Waals surface area contributed by atoms with Crippen LogP contribution in [0.4, 0.5) is 0 Å². The van der Waals surface area contributed by atoms with Gasteiger partial charge in [-0.15, -0.1) is 0 Å². The van der Waals surface area contributed by atoms with Crippen molar-refractivity contribution in [3.63, 3.8) is 0 Å². The van der Waals surface area contributed by atoms with E-state index in [1.807, 2.05) is 0 Å². The van der Waals surface area contributed by atoms with Crippen LogP contribution in [0.2, 0.25) is 0 Å². The number of carboxylic acids is 1. The zero-order valence-corrected chi connectivity index (χ0v) is 9.21. The highest BCUT2D eigenvalue weighted by Crippen LogP contribution is 2.19. The van der Waals surface area contributed by atoms with Gasteiger partial charge in [-0.05, 0) is 19.4 Å². The molecule has 1 unspecified atom stereocenters. The summed E-state index contributed by atoms with van der Waals surface area (Å²) in [4.78, 5) is 21.4. The number of carboxylic acid groups (broad SMARTS) is 1.